The van der Waals surface area contributed by atoms with Crippen LogP contribution in [-0.2, 0) is 27.3 Å². The number of hydrogen-bond donors (Lipinski definition) is 2. The van der Waals surface area contributed by atoms with Crippen molar-refractivity contribution in [2.45, 2.75) is 47.1 Å². The van der Waals surface area contributed by atoms with Crippen LogP contribution >= 0.6 is 0 Å². The van der Waals surface area contributed by atoms with Crippen LogP contribution in [0.4, 0.5) is 4.79 Å². The highest BCUT2D eigenvalue weighted by molar-refractivity contribution is 5.95. The molecule has 0 radical (unpaired) electrons. The fraction of sp³-hybridized carbons (Fsp3) is 0.556. The number of imide groups is 1. The number of carbonyl (C=O) groups excluding carboxylic acids is 3. The van der Waals surface area contributed by atoms with Crippen molar-refractivity contribution < 1.29 is 19.1 Å². The molecule has 0 aliphatic heterocycles. The zero-order valence-electron chi connectivity index (χ0n) is 15.9. The van der Waals surface area contributed by atoms with Crippen LogP contribution in [0.25, 0.3) is 0 Å². The minimum absolute atomic E-state index is 0.144. The highest BCUT2D eigenvalue weighted by Crippen LogP contribution is 2.16. The zero-order valence-corrected chi connectivity index (χ0v) is 15.9. The Balaban J connectivity index is 2.43. The molecule has 0 saturated heterocycles. The van der Waals surface area contributed by atoms with Crippen molar-refractivity contribution in [3.8, 4) is 0 Å². The third kappa shape index (κ3) is 7.08. The van der Waals surface area contributed by atoms with Crippen LogP contribution in [0.5, 0.6) is 0 Å². The summed E-state index contributed by atoms with van der Waals surface area (Å²) in [4.78, 5) is 34.6. The molecule has 0 bridgehead atoms. The molecule has 0 aliphatic rings. The topological polar surface area (TPSA) is 102 Å². The summed E-state index contributed by atoms with van der Waals surface area (Å²) >= 11 is 0. The monoisotopic (exact) mass is 364 g/mol. The van der Waals surface area contributed by atoms with E-state index in [1.54, 1.807) is 0 Å². The molecule has 0 spiro atoms. The number of amides is 3. The Morgan fingerprint density at radius 3 is 2.62 bits per heavy atom. The van der Waals surface area contributed by atoms with Gasteiger partial charge < -0.3 is 10.1 Å². The third-order valence-corrected chi connectivity index (χ3v) is 3.67. The van der Waals surface area contributed by atoms with E-state index in [0.717, 1.165) is 23.5 Å². The van der Waals surface area contributed by atoms with Crippen molar-refractivity contribution in [3.05, 3.63) is 29.6 Å². The summed E-state index contributed by atoms with van der Waals surface area (Å²) in [5, 5.41) is 8.95. The van der Waals surface area contributed by atoms with Crippen LogP contribution in [-0.4, -0.2) is 40.8 Å². The Bertz CT molecular complexity index is 664. The van der Waals surface area contributed by atoms with Gasteiger partial charge in [-0.25, -0.2) is 4.79 Å². The van der Waals surface area contributed by atoms with Crippen molar-refractivity contribution in [2.24, 2.45) is 5.92 Å². The van der Waals surface area contributed by atoms with Gasteiger partial charge in [-0.05, 0) is 31.7 Å². The van der Waals surface area contributed by atoms with E-state index in [9.17, 15) is 14.4 Å². The first-order valence-corrected chi connectivity index (χ1v) is 8.61. The Morgan fingerprint density at radius 1 is 1.31 bits per heavy atom. The molecule has 3 amide bonds. The average molecular weight is 364 g/mol. The molecule has 1 rings (SSSR count). The molecule has 0 saturated carbocycles. The van der Waals surface area contributed by atoms with E-state index < -0.39 is 24.5 Å². The summed E-state index contributed by atoms with van der Waals surface area (Å²) in [6.45, 7) is 12.2. The lowest BCUT2D eigenvalue weighted by molar-refractivity contribution is -0.148. The summed E-state index contributed by atoms with van der Waals surface area (Å²) in [6, 6.07) is -0.658. The SMILES string of the molecule is C=CCNC(=O)NC(=O)COC(=O)CCc1c(C)nn(CC(C)C)c1C. The minimum Gasteiger partial charge on any atom is -0.456 e. The van der Waals surface area contributed by atoms with E-state index in [2.05, 4.69) is 36.2 Å². The van der Waals surface area contributed by atoms with Gasteiger partial charge in [0, 0.05) is 25.2 Å². The van der Waals surface area contributed by atoms with E-state index in [4.69, 9.17) is 4.74 Å². The van der Waals surface area contributed by atoms with Gasteiger partial charge in [0.1, 0.15) is 0 Å². The van der Waals surface area contributed by atoms with Crippen LogP contribution in [0.3, 0.4) is 0 Å². The first-order valence-electron chi connectivity index (χ1n) is 8.61. The second-order valence-electron chi connectivity index (χ2n) is 6.43. The highest BCUT2D eigenvalue weighted by atomic mass is 16.5. The second kappa shape index (κ2) is 10.4. The van der Waals surface area contributed by atoms with Crippen molar-refractivity contribution in [1.82, 2.24) is 20.4 Å². The predicted octanol–water partition coefficient (Wildman–Crippen LogP) is 1.64. The maximum atomic E-state index is 11.8. The lowest BCUT2D eigenvalue weighted by Crippen LogP contribution is -2.41. The molecule has 0 atom stereocenters. The quantitative estimate of drug-likeness (QED) is 0.512. The number of aromatic nitrogens is 2. The molecular weight excluding hydrogens is 336 g/mol. The van der Waals surface area contributed by atoms with Gasteiger partial charge in [-0.15, -0.1) is 6.58 Å². The van der Waals surface area contributed by atoms with Crippen LogP contribution in [0.1, 0.15) is 37.2 Å². The van der Waals surface area contributed by atoms with Crippen molar-refractivity contribution >= 4 is 17.9 Å². The summed E-state index contributed by atoms with van der Waals surface area (Å²) in [6.07, 6.45) is 2.12. The molecular formula is C18H28N4O4. The normalized spacial score (nSPS) is 10.5. The fourth-order valence-corrected chi connectivity index (χ4v) is 2.44. The number of urea groups is 1. The van der Waals surface area contributed by atoms with Crippen molar-refractivity contribution in [1.29, 1.82) is 0 Å². The van der Waals surface area contributed by atoms with Gasteiger partial charge in [0.2, 0.25) is 0 Å². The van der Waals surface area contributed by atoms with Crippen LogP contribution < -0.4 is 10.6 Å². The first-order chi connectivity index (χ1) is 12.2. The summed E-state index contributed by atoms with van der Waals surface area (Å²) < 4.78 is 6.86. The Hall–Kier alpha value is -2.64. The molecule has 2 N–H and O–H groups in total. The average Bonchev–Trinajstić information content (AvgIpc) is 2.82. The number of rotatable bonds is 9. The number of aryl methyl sites for hydroxylation is 1. The smallest absolute Gasteiger partial charge is 0.321 e. The second-order valence-corrected chi connectivity index (χ2v) is 6.43. The minimum atomic E-state index is -0.683. The van der Waals surface area contributed by atoms with Crippen molar-refractivity contribution in [3.63, 3.8) is 0 Å². The Kier molecular flexibility index (Phi) is 8.54. The van der Waals surface area contributed by atoms with Gasteiger partial charge in [-0.1, -0.05) is 19.9 Å². The standard InChI is InChI=1S/C18H28N4O4/c1-6-9-19-18(25)20-16(23)11-26-17(24)8-7-15-13(4)21-22(14(15)5)10-12(2)3/h6,12H,1,7-11H2,2-5H3,(H2,19,20,23,25). The Labute approximate surface area is 154 Å². The van der Waals surface area contributed by atoms with Crippen LogP contribution in [0, 0.1) is 19.8 Å². The van der Waals surface area contributed by atoms with Gasteiger partial charge in [0.15, 0.2) is 6.61 Å². The summed E-state index contributed by atoms with van der Waals surface area (Å²) in [5.41, 5.74) is 2.96. The van der Waals surface area contributed by atoms with E-state index in [1.807, 2.05) is 18.5 Å². The fourth-order valence-electron chi connectivity index (χ4n) is 2.44. The molecule has 0 unspecified atom stereocenters. The van der Waals surface area contributed by atoms with E-state index in [1.165, 1.54) is 6.08 Å². The highest BCUT2D eigenvalue weighted by Gasteiger charge is 2.15. The molecule has 0 aromatic carbocycles. The van der Waals surface area contributed by atoms with Crippen LogP contribution in [0.2, 0.25) is 0 Å². The molecule has 1 heterocycles. The van der Waals surface area contributed by atoms with E-state index in [-0.39, 0.29) is 13.0 Å². The van der Waals surface area contributed by atoms with Gasteiger partial charge in [-0.2, -0.15) is 5.10 Å². The predicted molar refractivity (Wildman–Crippen MR) is 97.6 cm³/mol. The van der Waals surface area contributed by atoms with Gasteiger partial charge >= 0.3 is 12.0 Å². The molecule has 0 aliphatic carbocycles. The molecule has 8 nitrogen and oxygen atoms in total. The first kappa shape index (κ1) is 21.4. The lowest BCUT2D eigenvalue weighted by Gasteiger charge is -2.08. The lowest BCUT2D eigenvalue weighted by atomic mass is 10.1. The van der Waals surface area contributed by atoms with Crippen LogP contribution in [0.15, 0.2) is 12.7 Å². The maximum Gasteiger partial charge on any atom is 0.321 e. The van der Waals surface area contributed by atoms with E-state index >= 15 is 0 Å². The number of esters is 1. The molecule has 1 aromatic heterocycles. The molecule has 0 fully saturated rings. The maximum absolute atomic E-state index is 11.8. The summed E-state index contributed by atoms with van der Waals surface area (Å²) in [7, 11) is 0. The van der Waals surface area contributed by atoms with Gasteiger partial charge in [-0.3, -0.25) is 19.6 Å². The molecule has 26 heavy (non-hydrogen) atoms. The third-order valence-electron chi connectivity index (χ3n) is 3.67. The van der Waals surface area contributed by atoms with E-state index in [0.29, 0.717) is 12.3 Å². The molecule has 144 valence electrons. The summed E-state index contributed by atoms with van der Waals surface area (Å²) in [5.74, 6) is -0.702. The number of hydrogen-bond acceptors (Lipinski definition) is 5. The number of ether oxygens (including phenoxy) is 1. The molecule has 8 heteroatoms. The van der Waals surface area contributed by atoms with Gasteiger partial charge in [0.05, 0.1) is 5.69 Å². The number of nitrogens with zero attached hydrogens (tertiary/aromatic N) is 2. The van der Waals surface area contributed by atoms with Gasteiger partial charge in [0.25, 0.3) is 5.91 Å². The largest absolute Gasteiger partial charge is 0.456 e. The van der Waals surface area contributed by atoms with Crippen molar-refractivity contribution in [2.75, 3.05) is 13.2 Å². The number of carbonyl (C=O) groups is 3. The number of nitrogens with one attached hydrogen (secondary N) is 2. The zero-order chi connectivity index (χ0) is 19.7. The Morgan fingerprint density at radius 2 is 2.00 bits per heavy atom. The molecule has 1 aromatic rings.